The molecule has 0 radical (unpaired) electrons. The van der Waals surface area contributed by atoms with Gasteiger partial charge in [-0.1, -0.05) is 6.42 Å². The molecule has 1 aliphatic rings. The van der Waals surface area contributed by atoms with E-state index in [9.17, 15) is 18.0 Å². The molecule has 1 aliphatic heterocycles. The molecular formula is C25H31F3N6O2. The van der Waals surface area contributed by atoms with Crippen LogP contribution in [0, 0.1) is 5.82 Å². The van der Waals surface area contributed by atoms with Crippen molar-refractivity contribution < 1.29 is 22.7 Å². The molecule has 0 aliphatic carbocycles. The highest BCUT2D eigenvalue weighted by Gasteiger charge is 2.25. The minimum absolute atomic E-state index is 0.195. The lowest BCUT2D eigenvalue weighted by molar-refractivity contribution is 0.127. The van der Waals surface area contributed by atoms with Crippen LogP contribution < -0.4 is 10.1 Å². The lowest BCUT2D eigenvalue weighted by Gasteiger charge is -2.30. The zero-order valence-corrected chi connectivity index (χ0v) is 20.5. The Morgan fingerprint density at radius 2 is 2.06 bits per heavy atom. The van der Waals surface area contributed by atoms with Gasteiger partial charge in [-0.05, 0) is 45.6 Å². The van der Waals surface area contributed by atoms with Crippen LogP contribution in [0.25, 0.3) is 16.9 Å². The van der Waals surface area contributed by atoms with E-state index in [-0.39, 0.29) is 30.5 Å². The zero-order chi connectivity index (χ0) is 25.7. The lowest BCUT2D eigenvalue weighted by Crippen LogP contribution is -2.46. The molecule has 0 saturated carbocycles. The third-order valence-electron chi connectivity index (χ3n) is 6.49. The van der Waals surface area contributed by atoms with Crippen LogP contribution in [0.5, 0.6) is 5.75 Å². The molecule has 2 amide bonds. The van der Waals surface area contributed by atoms with Gasteiger partial charge in [-0.2, -0.15) is 5.10 Å². The summed E-state index contributed by atoms with van der Waals surface area (Å²) in [4.78, 5) is 23.3. The van der Waals surface area contributed by atoms with Crippen LogP contribution in [0.2, 0.25) is 0 Å². The van der Waals surface area contributed by atoms with Crippen LogP contribution >= 0.6 is 0 Å². The number of halogens is 3. The minimum Gasteiger partial charge on any atom is -0.490 e. The molecule has 0 fully saturated rings. The number of carbonyl (C=O) groups excluding carboxylic acids is 1. The van der Waals surface area contributed by atoms with Crippen molar-refractivity contribution in [2.45, 2.75) is 70.9 Å². The molecule has 0 spiro atoms. The van der Waals surface area contributed by atoms with Gasteiger partial charge in [0.25, 0.3) is 0 Å². The molecule has 3 aromatic heterocycles. The van der Waals surface area contributed by atoms with Crippen LogP contribution in [0.4, 0.5) is 18.0 Å². The number of urea groups is 1. The lowest BCUT2D eigenvalue weighted by atomic mass is 10.0. The second-order valence-electron chi connectivity index (χ2n) is 8.95. The third-order valence-corrected chi connectivity index (χ3v) is 6.49. The number of imidazole rings is 1. The second kappa shape index (κ2) is 11.6. The minimum atomic E-state index is -2.43. The monoisotopic (exact) mass is 504 g/mol. The first kappa shape index (κ1) is 25.7. The van der Waals surface area contributed by atoms with Crippen LogP contribution in [-0.4, -0.2) is 56.1 Å². The van der Waals surface area contributed by atoms with Crippen LogP contribution in [0.3, 0.4) is 0 Å². The number of nitrogens with zero attached hydrogens (tertiary/aromatic N) is 5. The van der Waals surface area contributed by atoms with Gasteiger partial charge in [0.05, 0.1) is 30.2 Å². The first-order chi connectivity index (χ1) is 17.4. The van der Waals surface area contributed by atoms with Crippen molar-refractivity contribution in [3.63, 3.8) is 0 Å². The fourth-order valence-corrected chi connectivity index (χ4v) is 4.48. The van der Waals surface area contributed by atoms with Crippen molar-refractivity contribution in [3.05, 3.63) is 42.2 Å². The van der Waals surface area contributed by atoms with Gasteiger partial charge >= 0.3 is 6.03 Å². The van der Waals surface area contributed by atoms with E-state index < -0.39 is 18.3 Å². The van der Waals surface area contributed by atoms with E-state index in [1.54, 1.807) is 40.9 Å². The van der Waals surface area contributed by atoms with Gasteiger partial charge in [-0.3, -0.25) is 4.98 Å². The molecule has 3 aromatic rings. The van der Waals surface area contributed by atoms with Gasteiger partial charge in [-0.15, -0.1) is 0 Å². The Bertz CT molecular complexity index is 1190. The highest BCUT2D eigenvalue weighted by Crippen LogP contribution is 2.30. The third kappa shape index (κ3) is 5.88. The Hall–Kier alpha value is -3.37. The van der Waals surface area contributed by atoms with Crippen molar-refractivity contribution in [1.29, 1.82) is 0 Å². The van der Waals surface area contributed by atoms with E-state index in [2.05, 4.69) is 20.4 Å². The van der Waals surface area contributed by atoms with Crippen molar-refractivity contribution in [2.24, 2.45) is 0 Å². The largest absolute Gasteiger partial charge is 0.490 e. The van der Waals surface area contributed by atoms with Crippen molar-refractivity contribution in [1.82, 2.24) is 29.8 Å². The normalized spacial score (nSPS) is 19.7. The number of fused-ring (bicyclic) bond motifs is 7. The van der Waals surface area contributed by atoms with E-state index >= 15 is 0 Å². The Balaban J connectivity index is 1.71. The van der Waals surface area contributed by atoms with Crippen molar-refractivity contribution in [2.75, 3.05) is 13.2 Å². The molecule has 1 unspecified atom stereocenters. The van der Waals surface area contributed by atoms with E-state index in [1.807, 2.05) is 6.92 Å². The number of nitrogens with one attached hydrogen (secondary N) is 1. The van der Waals surface area contributed by atoms with E-state index in [1.165, 1.54) is 0 Å². The van der Waals surface area contributed by atoms with Gasteiger partial charge in [0.1, 0.15) is 0 Å². The number of alkyl halides is 2. The highest BCUT2D eigenvalue weighted by molar-refractivity contribution is 5.75. The molecule has 36 heavy (non-hydrogen) atoms. The summed E-state index contributed by atoms with van der Waals surface area (Å²) in [5.74, 6) is -0.0664. The van der Waals surface area contributed by atoms with Crippen molar-refractivity contribution in [3.8, 4) is 17.0 Å². The summed E-state index contributed by atoms with van der Waals surface area (Å²) >= 11 is 0. The summed E-state index contributed by atoms with van der Waals surface area (Å²) in [5.41, 5.74) is 1.58. The first-order valence-corrected chi connectivity index (χ1v) is 12.4. The van der Waals surface area contributed by atoms with E-state index in [0.717, 1.165) is 25.5 Å². The smallest absolute Gasteiger partial charge is 0.318 e. The van der Waals surface area contributed by atoms with Crippen LogP contribution in [0.1, 0.15) is 64.1 Å². The second-order valence-corrected chi connectivity index (χ2v) is 8.95. The summed E-state index contributed by atoms with van der Waals surface area (Å²) in [6.45, 7) is 4.40. The molecule has 0 saturated heterocycles. The SMILES string of the molecule is CCN1C(=O)NC(CCC(F)F)CCCCCOc2cc(nn3ccnc23)-c2cc(ncc2F)[C@H]1C. The van der Waals surface area contributed by atoms with Crippen LogP contribution in [0.15, 0.2) is 30.7 Å². The fraction of sp³-hybridized carbons (Fsp3) is 0.520. The standard InChI is InChI=1S/C25H31F3N6O2/c1-3-33-16(2)20-13-18(19(26)15-30-20)21-14-22(24-29-10-11-34(24)32-21)36-12-6-4-5-7-17(31-25(33)35)8-9-23(27)28/h10-11,13-17,23H,3-9,12H2,1-2H3,(H,31,35)/t16-,17?/m1/s1. The average molecular weight is 505 g/mol. The summed E-state index contributed by atoms with van der Waals surface area (Å²) in [7, 11) is 0. The number of hydrogen-bond acceptors (Lipinski definition) is 5. The molecule has 0 aromatic carbocycles. The molecule has 4 rings (SSSR count). The number of amides is 2. The predicted molar refractivity (Wildman–Crippen MR) is 128 cm³/mol. The van der Waals surface area contributed by atoms with Gasteiger partial charge in [0, 0.05) is 43.0 Å². The first-order valence-electron chi connectivity index (χ1n) is 12.4. The van der Waals surface area contributed by atoms with Crippen molar-refractivity contribution >= 4 is 11.7 Å². The molecule has 8 nitrogen and oxygen atoms in total. The maximum absolute atomic E-state index is 14.9. The van der Waals surface area contributed by atoms with Gasteiger partial charge in [-0.25, -0.2) is 27.5 Å². The fourth-order valence-electron chi connectivity index (χ4n) is 4.48. The van der Waals surface area contributed by atoms with E-state index in [4.69, 9.17) is 4.74 Å². The summed E-state index contributed by atoms with van der Waals surface area (Å²) in [5, 5.41) is 7.43. The molecule has 11 heteroatoms. The number of rotatable bonds is 4. The Kier molecular flexibility index (Phi) is 8.27. The number of hydrogen-bond donors (Lipinski definition) is 1. The number of pyridine rings is 1. The van der Waals surface area contributed by atoms with Gasteiger partial charge < -0.3 is 15.0 Å². The molecular weight excluding hydrogens is 473 g/mol. The van der Waals surface area contributed by atoms with Gasteiger partial charge in [0.15, 0.2) is 17.2 Å². The number of ether oxygens (including phenoxy) is 1. The summed E-state index contributed by atoms with van der Waals surface area (Å²) in [6.07, 6.45) is 4.75. The topological polar surface area (TPSA) is 84.7 Å². The molecule has 2 atom stereocenters. The maximum atomic E-state index is 14.9. The molecule has 194 valence electrons. The summed E-state index contributed by atoms with van der Waals surface area (Å²) in [6, 6.07) is 2.03. The molecule has 1 N–H and O–H groups in total. The summed E-state index contributed by atoms with van der Waals surface area (Å²) < 4.78 is 48.3. The van der Waals surface area contributed by atoms with Crippen LogP contribution in [-0.2, 0) is 0 Å². The maximum Gasteiger partial charge on any atom is 0.318 e. The Labute approximate surface area is 207 Å². The van der Waals surface area contributed by atoms with Gasteiger partial charge in [0.2, 0.25) is 6.43 Å². The quantitative estimate of drug-likeness (QED) is 0.515. The average Bonchev–Trinajstić information content (AvgIpc) is 3.33. The predicted octanol–water partition coefficient (Wildman–Crippen LogP) is 5.39. The Morgan fingerprint density at radius 3 is 2.83 bits per heavy atom. The molecule has 4 heterocycles. The van der Waals surface area contributed by atoms with E-state index in [0.29, 0.717) is 42.4 Å². The highest BCUT2D eigenvalue weighted by atomic mass is 19.3. The Morgan fingerprint density at radius 1 is 1.22 bits per heavy atom. The molecule has 4 bridgehead atoms. The zero-order valence-electron chi connectivity index (χ0n) is 20.5. The number of carbonyl (C=O) groups is 1. The number of aromatic nitrogens is 4.